The minimum absolute atomic E-state index is 0.0644. The summed E-state index contributed by atoms with van der Waals surface area (Å²) in [5.74, 6) is 5.31. The summed E-state index contributed by atoms with van der Waals surface area (Å²) in [6, 6.07) is 14.7. The van der Waals surface area contributed by atoms with Crippen molar-refractivity contribution in [3.05, 3.63) is 70.5 Å². The van der Waals surface area contributed by atoms with Gasteiger partial charge < -0.3 is 0 Å². The van der Waals surface area contributed by atoms with Crippen LogP contribution in [0.5, 0.6) is 0 Å². The third kappa shape index (κ3) is 4.30. The Hall–Kier alpha value is -1.42. The first-order chi connectivity index (χ1) is 9.69. The van der Waals surface area contributed by atoms with E-state index >= 15 is 0 Å². The standard InChI is InChI=1S/C16H18ClFN2/c17-16-9-7-14(18)10-13(16)11-15(20-19)8-6-12-4-2-1-3-5-12/h1-5,7,9-10,15,20H,6,8,11,19H2. The zero-order valence-electron chi connectivity index (χ0n) is 11.2. The minimum Gasteiger partial charge on any atom is -0.271 e. The van der Waals surface area contributed by atoms with Crippen molar-refractivity contribution in [3.63, 3.8) is 0 Å². The second-order valence-corrected chi connectivity index (χ2v) is 5.23. The Balaban J connectivity index is 1.97. The zero-order chi connectivity index (χ0) is 14.4. The maximum absolute atomic E-state index is 13.2. The van der Waals surface area contributed by atoms with E-state index in [-0.39, 0.29) is 11.9 Å². The molecule has 2 rings (SSSR count). The van der Waals surface area contributed by atoms with Crippen LogP contribution in [0.4, 0.5) is 4.39 Å². The second kappa shape index (κ2) is 7.39. The smallest absolute Gasteiger partial charge is 0.123 e. The van der Waals surface area contributed by atoms with Gasteiger partial charge in [-0.25, -0.2) is 4.39 Å². The molecule has 0 heterocycles. The number of aryl methyl sites for hydroxylation is 1. The lowest BCUT2D eigenvalue weighted by atomic mass is 9.99. The fourth-order valence-electron chi connectivity index (χ4n) is 2.20. The molecule has 1 atom stereocenters. The fraction of sp³-hybridized carbons (Fsp3) is 0.250. The van der Waals surface area contributed by atoms with Gasteiger partial charge in [0.1, 0.15) is 5.82 Å². The molecule has 0 saturated carbocycles. The predicted octanol–water partition coefficient (Wildman–Crippen LogP) is 3.49. The molecular formula is C16H18ClFN2. The first-order valence-electron chi connectivity index (χ1n) is 6.63. The summed E-state index contributed by atoms with van der Waals surface area (Å²) in [5.41, 5.74) is 4.83. The summed E-state index contributed by atoms with van der Waals surface area (Å²) < 4.78 is 13.2. The Morgan fingerprint density at radius 1 is 1.15 bits per heavy atom. The van der Waals surface area contributed by atoms with Crippen LogP contribution in [0.2, 0.25) is 5.02 Å². The van der Waals surface area contributed by atoms with Gasteiger partial charge in [-0.05, 0) is 48.6 Å². The van der Waals surface area contributed by atoms with Crippen LogP contribution in [-0.2, 0) is 12.8 Å². The van der Waals surface area contributed by atoms with Crippen LogP contribution in [0.15, 0.2) is 48.5 Å². The summed E-state index contributed by atoms with van der Waals surface area (Å²) in [6.07, 6.45) is 2.40. The molecule has 20 heavy (non-hydrogen) atoms. The van der Waals surface area contributed by atoms with Crippen molar-refractivity contribution < 1.29 is 4.39 Å². The topological polar surface area (TPSA) is 38.0 Å². The lowest BCUT2D eigenvalue weighted by Crippen LogP contribution is -2.37. The van der Waals surface area contributed by atoms with E-state index in [0.717, 1.165) is 18.4 Å². The number of rotatable bonds is 6. The van der Waals surface area contributed by atoms with Crippen LogP contribution in [0.25, 0.3) is 0 Å². The first-order valence-corrected chi connectivity index (χ1v) is 7.01. The van der Waals surface area contributed by atoms with Crippen molar-refractivity contribution in [2.45, 2.75) is 25.3 Å². The molecule has 2 aromatic rings. The maximum atomic E-state index is 13.2. The summed E-state index contributed by atoms with van der Waals surface area (Å²) in [5, 5.41) is 0.575. The number of halogens is 2. The Morgan fingerprint density at radius 2 is 1.90 bits per heavy atom. The average molecular weight is 293 g/mol. The van der Waals surface area contributed by atoms with Crippen LogP contribution in [0, 0.1) is 5.82 Å². The van der Waals surface area contributed by atoms with Crippen LogP contribution in [0.1, 0.15) is 17.5 Å². The molecule has 0 aliphatic carbocycles. The lowest BCUT2D eigenvalue weighted by molar-refractivity contribution is 0.490. The summed E-state index contributed by atoms with van der Waals surface area (Å²) in [6.45, 7) is 0. The molecule has 106 valence electrons. The van der Waals surface area contributed by atoms with Gasteiger partial charge in [-0.1, -0.05) is 41.9 Å². The Kier molecular flexibility index (Phi) is 5.53. The van der Waals surface area contributed by atoms with Gasteiger partial charge in [-0.2, -0.15) is 0 Å². The van der Waals surface area contributed by atoms with Crippen molar-refractivity contribution in [1.29, 1.82) is 0 Å². The molecule has 4 heteroatoms. The number of nitrogens with two attached hydrogens (primary N) is 1. The molecule has 0 saturated heterocycles. The summed E-state index contributed by atoms with van der Waals surface area (Å²) in [4.78, 5) is 0. The SMILES string of the molecule is NNC(CCc1ccccc1)Cc1cc(F)ccc1Cl. The molecule has 2 aromatic carbocycles. The van der Waals surface area contributed by atoms with Crippen molar-refractivity contribution in [1.82, 2.24) is 5.43 Å². The van der Waals surface area contributed by atoms with E-state index < -0.39 is 0 Å². The average Bonchev–Trinajstić information content (AvgIpc) is 2.48. The van der Waals surface area contributed by atoms with E-state index in [0.29, 0.717) is 11.4 Å². The minimum atomic E-state index is -0.275. The molecule has 3 N–H and O–H groups in total. The van der Waals surface area contributed by atoms with E-state index in [2.05, 4.69) is 17.6 Å². The number of benzene rings is 2. The molecule has 0 fully saturated rings. The fourth-order valence-corrected chi connectivity index (χ4v) is 2.39. The van der Waals surface area contributed by atoms with Crippen LogP contribution in [0.3, 0.4) is 0 Å². The maximum Gasteiger partial charge on any atom is 0.123 e. The highest BCUT2D eigenvalue weighted by molar-refractivity contribution is 6.31. The number of nitrogens with one attached hydrogen (secondary N) is 1. The number of hydrogen-bond donors (Lipinski definition) is 2. The van der Waals surface area contributed by atoms with Crippen LogP contribution in [-0.4, -0.2) is 6.04 Å². The largest absolute Gasteiger partial charge is 0.271 e. The van der Waals surface area contributed by atoms with Gasteiger partial charge >= 0.3 is 0 Å². The monoisotopic (exact) mass is 292 g/mol. The molecule has 0 spiro atoms. The van der Waals surface area contributed by atoms with Gasteiger partial charge in [0.05, 0.1) is 0 Å². The highest BCUT2D eigenvalue weighted by Crippen LogP contribution is 2.19. The molecule has 0 aliphatic heterocycles. The van der Waals surface area contributed by atoms with E-state index in [1.807, 2.05) is 18.2 Å². The predicted molar refractivity (Wildman–Crippen MR) is 81.0 cm³/mol. The van der Waals surface area contributed by atoms with E-state index in [9.17, 15) is 4.39 Å². The van der Waals surface area contributed by atoms with Gasteiger partial charge in [0, 0.05) is 11.1 Å². The van der Waals surface area contributed by atoms with Gasteiger partial charge in [-0.3, -0.25) is 11.3 Å². The molecule has 0 aromatic heterocycles. The number of hydrogen-bond acceptors (Lipinski definition) is 2. The molecule has 0 amide bonds. The second-order valence-electron chi connectivity index (χ2n) is 4.83. The Morgan fingerprint density at radius 3 is 2.60 bits per heavy atom. The molecular weight excluding hydrogens is 275 g/mol. The molecule has 0 radical (unpaired) electrons. The Bertz CT molecular complexity index is 545. The summed E-state index contributed by atoms with van der Waals surface area (Å²) >= 11 is 6.08. The van der Waals surface area contributed by atoms with E-state index in [1.165, 1.54) is 17.7 Å². The molecule has 2 nitrogen and oxygen atoms in total. The quantitative estimate of drug-likeness (QED) is 0.632. The summed E-state index contributed by atoms with van der Waals surface area (Å²) in [7, 11) is 0. The van der Waals surface area contributed by atoms with Gasteiger partial charge in [0.15, 0.2) is 0 Å². The Labute approximate surface area is 123 Å². The first kappa shape index (κ1) is 15.0. The highest BCUT2D eigenvalue weighted by Gasteiger charge is 2.11. The van der Waals surface area contributed by atoms with Gasteiger partial charge in [-0.15, -0.1) is 0 Å². The van der Waals surface area contributed by atoms with Gasteiger partial charge in [0.2, 0.25) is 0 Å². The third-order valence-corrected chi connectivity index (χ3v) is 3.70. The van der Waals surface area contributed by atoms with Crippen molar-refractivity contribution in [2.75, 3.05) is 0 Å². The van der Waals surface area contributed by atoms with Gasteiger partial charge in [0.25, 0.3) is 0 Å². The molecule has 0 bridgehead atoms. The van der Waals surface area contributed by atoms with E-state index in [4.69, 9.17) is 17.4 Å². The molecule has 0 aliphatic rings. The van der Waals surface area contributed by atoms with Crippen LogP contribution >= 0.6 is 11.6 Å². The third-order valence-electron chi connectivity index (χ3n) is 3.33. The van der Waals surface area contributed by atoms with Crippen molar-refractivity contribution >= 4 is 11.6 Å². The molecule has 1 unspecified atom stereocenters. The van der Waals surface area contributed by atoms with Crippen LogP contribution < -0.4 is 11.3 Å². The van der Waals surface area contributed by atoms with E-state index in [1.54, 1.807) is 6.07 Å². The number of hydrazine groups is 1. The highest BCUT2D eigenvalue weighted by atomic mass is 35.5. The zero-order valence-corrected chi connectivity index (χ0v) is 11.9. The lowest BCUT2D eigenvalue weighted by Gasteiger charge is -2.16. The normalized spacial score (nSPS) is 12.3. The van der Waals surface area contributed by atoms with Crippen molar-refractivity contribution in [3.8, 4) is 0 Å². The van der Waals surface area contributed by atoms with Crippen molar-refractivity contribution in [2.24, 2.45) is 5.84 Å².